The van der Waals surface area contributed by atoms with Crippen LogP contribution in [0.4, 0.5) is 4.79 Å². The number of fused-ring (bicyclic) bond motifs is 1. The molecule has 0 aliphatic carbocycles. The summed E-state index contributed by atoms with van der Waals surface area (Å²) in [5.74, 6) is -1.47. The van der Waals surface area contributed by atoms with Crippen LogP contribution in [0.5, 0.6) is 0 Å². The summed E-state index contributed by atoms with van der Waals surface area (Å²) in [5.41, 5.74) is 1.38. The lowest BCUT2D eigenvalue weighted by molar-refractivity contribution is -0.129. The predicted molar refractivity (Wildman–Crippen MR) is 103 cm³/mol. The number of para-hydroxylation sites is 1. The molecule has 0 saturated heterocycles. The fraction of sp³-hybridized carbons (Fsp3) is 0.105. The zero-order valence-electron chi connectivity index (χ0n) is 14.3. The van der Waals surface area contributed by atoms with Gasteiger partial charge in [-0.05, 0) is 22.0 Å². The van der Waals surface area contributed by atoms with Crippen LogP contribution in [0.2, 0.25) is 0 Å². The van der Waals surface area contributed by atoms with Crippen molar-refractivity contribution in [1.29, 1.82) is 0 Å². The van der Waals surface area contributed by atoms with Crippen molar-refractivity contribution in [3.63, 3.8) is 0 Å². The SMILES string of the molecule is CNC(=O)NC(=O)C(OC(=O)c1[nH]c2ccccc2c1Br)c1ccccc1. The van der Waals surface area contributed by atoms with E-state index in [1.54, 1.807) is 30.3 Å². The van der Waals surface area contributed by atoms with Crippen LogP contribution < -0.4 is 10.6 Å². The highest BCUT2D eigenvalue weighted by Crippen LogP contribution is 2.29. The number of aromatic nitrogens is 1. The van der Waals surface area contributed by atoms with Crippen molar-refractivity contribution in [2.75, 3.05) is 7.05 Å². The van der Waals surface area contributed by atoms with Gasteiger partial charge in [-0.1, -0.05) is 48.5 Å². The van der Waals surface area contributed by atoms with Gasteiger partial charge in [-0.25, -0.2) is 9.59 Å². The number of ether oxygens (including phenoxy) is 1. The zero-order chi connectivity index (χ0) is 19.4. The molecule has 0 spiro atoms. The van der Waals surface area contributed by atoms with Gasteiger partial charge < -0.3 is 15.0 Å². The average molecular weight is 430 g/mol. The summed E-state index contributed by atoms with van der Waals surface area (Å²) in [7, 11) is 1.38. The predicted octanol–water partition coefficient (Wildman–Crippen LogP) is 3.28. The number of amides is 3. The molecule has 1 atom stereocenters. The maximum Gasteiger partial charge on any atom is 0.357 e. The largest absolute Gasteiger partial charge is 0.443 e. The minimum absolute atomic E-state index is 0.185. The van der Waals surface area contributed by atoms with Gasteiger partial charge in [-0.3, -0.25) is 10.1 Å². The van der Waals surface area contributed by atoms with Crippen molar-refractivity contribution in [3.05, 3.63) is 70.3 Å². The molecule has 3 aromatic rings. The summed E-state index contributed by atoms with van der Waals surface area (Å²) in [6.07, 6.45) is -1.28. The average Bonchev–Trinajstić information content (AvgIpc) is 3.03. The second kappa shape index (κ2) is 8.05. The molecule has 0 radical (unpaired) electrons. The molecule has 0 fully saturated rings. The highest BCUT2D eigenvalue weighted by Gasteiger charge is 2.28. The molecule has 138 valence electrons. The van der Waals surface area contributed by atoms with Gasteiger partial charge in [-0.2, -0.15) is 0 Å². The van der Waals surface area contributed by atoms with Crippen LogP contribution in [0.1, 0.15) is 22.2 Å². The smallest absolute Gasteiger partial charge is 0.357 e. The molecule has 2 aromatic carbocycles. The van der Waals surface area contributed by atoms with Crippen LogP contribution in [0.3, 0.4) is 0 Å². The monoisotopic (exact) mass is 429 g/mol. The van der Waals surface area contributed by atoms with E-state index < -0.39 is 24.0 Å². The van der Waals surface area contributed by atoms with Crippen molar-refractivity contribution in [2.45, 2.75) is 6.10 Å². The van der Waals surface area contributed by atoms with Gasteiger partial charge in [0.25, 0.3) is 5.91 Å². The van der Waals surface area contributed by atoms with Gasteiger partial charge >= 0.3 is 12.0 Å². The van der Waals surface area contributed by atoms with E-state index in [1.165, 1.54) is 7.05 Å². The number of urea groups is 1. The Balaban J connectivity index is 1.90. The Morgan fingerprint density at radius 3 is 2.37 bits per heavy atom. The summed E-state index contributed by atoms with van der Waals surface area (Å²) >= 11 is 3.39. The first-order valence-electron chi connectivity index (χ1n) is 8.06. The van der Waals surface area contributed by atoms with Gasteiger partial charge in [0, 0.05) is 23.5 Å². The Bertz CT molecular complexity index is 1000. The Hall–Kier alpha value is -3.13. The van der Waals surface area contributed by atoms with Crippen LogP contribution in [0.15, 0.2) is 59.1 Å². The van der Waals surface area contributed by atoms with Gasteiger partial charge in [-0.15, -0.1) is 0 Å². The van der Waals surface area contributed by atoms with Crippen LogP contribution in [-0.4, -0.2) is 29.9 Å². The summed E-state index contributed by atoms with van der Waals surface area (Å²) in [6.45, 7) is 0. The number of imide groups is 1. The van der Waals surface area contributed by atoms with E-state index in [4.69, 9.17) is 4.74 Å². The molecule has 0 aliphatic rings. The molecule has 8 heteroatoms. The molecule has 7 nitrogen and oxygen atoms in total. The first-order chi connectivity index (χ1) is 13.0. The summed E-state index contributed by atoms with van der Waals surface area (Å²) in [6, 6.07) is 15.1. The molecule has 0 bridgehead atoms. The van der Waals surface area contributed by atoms with Crippen molar-refractivity contribution < 1.29 is 19.1 Å². The number of halogens is 1. The first-order valence-corrected chi connectivity index (χ1v) is 8.85. The van der Waals surface area contributed by atoms with E-state index in [0.717, 1.165) is 10.9 Å². The zero-order valence-corrected chi connectivity index (χ0v) is 15.9. The van der Waals surface area contributed by atoms with E-state index >= 15 is 0 Å². The Morgan fingerprint density at radius 1 is 1.04 bits per heavy atom. The molecular weight excluding hydrogens is 414 g/mol. The van der Waals surface area contributed by atoms with Crippen LogP contribution in [0, 0.1) is 0 Å². The van der Waals surface area contributed by atoms with Crippen LogP contribution in [-0.2, 0) is 9.53 Å². The van der Waals surface area contributed by atoms with Crippen molar-refractivity contribution >= 4 is 44.7 Å². The highest BCUT2D eigenvalue weighted by molar-refractivity contribution is 9.10. The minimum atomic E-state index is -1.28. The molecule has 1 aromatic heterocycles. The number of carbonyl (C=O) groups excluding carboxylic acids is 3. The topological polar surface area (TPSA) is 100 Å². The van der Waals surface area contributed by atoms with Crippen LogP contribution >= 0.6 is 15.9 Å². The molecule has 1 heterocycles. The van der Waals surface area contributed by atoms with Gasteiger partial charge in [0.05, 0.1) is 4.47 Å². The number of rotatable bonds is 4. The van der Waals surface area contributed by atoms with E-state index in [0.29, 0.717) is 10.0 Å². The third-order valence-electron chi connectivity index (χ3n) is 3.88. The Labute approximate surface area is 163 Å². The maximum atomic E-state index is 12.7. The number of esters is 1. The number of nitrogens with one attached hydrogen (secondary N) is 3. The standard InChI is InChI=1S/C19H16BrN3O4/c1-21-19(26)23-17(24)16(11-7-3-2-4-8-11)27-18(25)15-14(20)12-9-5-6-10-13(12)22-15/h2-10,16,22H,1H3,(H2,21,23,24,26). The third kappa shape index (κ3) is 4.01. The molecule has 3 rings (SSSR count). The number of hydrogen-bond acceptors (Lipinski definition) is 4. The molecule has 3 amide bonds. The van der Waals surface area contributed by atoms with Crippen LogP contribution in [0.25, 0.3) is 10.9 Å². The molecule has 0 aliphatic heterocycles. The number of benzene rings is 2. The normalized spacial score (nSPS) is 11.6. The number of H-pyrrole nitrogens is 1. The van der Waals surface area contributed by atoms with Gasteiger partial charge in [0.1, 0.15) is 5.69 Å². The second-order valence-corrected chi connectivity index (χ2v) is 6.42. The Kier molecular flexibility index (Phi) is 5.56. The fourth-order valence-electron chi connectivity index (χ4n) is 2.56. The molecule has 1 unspecified atom stereocenters. The van der Waals surface area contributed by atoms with E-state index in [1.807, 2.05) is 24.3 Å². The minimum Gasteiger partial charge on any atom is -0.443 e. The number of aromatic amines is 1. The Morgan fingerprint density at radius 2 is 1.70 bits per heavy atom. The van der Waals surface area contributed by atoms with Crippen molar-refractivity contribution in [1.82, 2.24) is 15.6 Å². The van der Waals surface area contributed by atoms with E-state index in [9.17, 15) is 14.4 Å². The first kappa shape index (κ1) is 18.7. The van der Waals surface area contributed by atoms with Gasteiger partial charge in [0.15, 0.2) is 0 Å². The summed E-state index contributed by atoms with van der Waals surface area (Å²) < 4.78 is 5.99. The van der Waals surface area contributed by atoms with E-state index in [-0.39, 0.29) is 5.69 Å². The maximum absolute atomic E-state index is 12.7. The van der Waals surface area contributed by atoms with Crippen molar-refractivity contribution in [2.24, 2.45) is 0 Å². The van der Waals surface area contributed by atoms with Crippen molar-refractivity contribution in [3.8, 4) is 0 Å². The third-order valence-corrected chi connectivity index (χ3v) is 4.70. The molecule has 27 heavy (non-hydrogen) atoms. The molecular formula is C19H16BrN3O4. The molecule has 0 saturated carbocycles. The lowest BCUT2D eigenvalue weighted by atomic mass is 10.1. The molecule has 3 N–H and O–H groups in total. The number of hydrogen-bond donors (Lipinski definition) is 3. The number of carbonyl (C=O) groups is 3. The highest BCUT2D eigenvalue weighted by atomic mass is 79.9. The van der Waals surface area contributed by atoms with E-state index in [2.05, 4.69) is 31.5 Å². The summed E-state index contributed by atoms with van der Waals surface area (Å²) in [5, 5.41) is 5.24. The fourth-order valence-corrected chi connectivity index (χ4v) is 3.16. The quantitative estimate of drug-likeness (QED) is 0.553. The second-order valence-electron chi connectivity index (χ2n) is 5.62. The lowest BCUT2D eigenvalue weighted by Gasteiger charge is -2.17. The summed E-state index contributed by atoms with van der Waals surface area (Å²) in [4.78, 5) is 39.6. The van der Waals surface area contributed by atoms with Gasteiger partial charge in [0.2, 0.25) is 6.10 Å². The lowest BCUT2D eigenvalue weighted by Crippen LogP contribution is -2.41.